The van der Waals surface area contributed by atoms with E-state index in [1.807, 2.05) is 50.2 Å². The molecule has 1 aromatic heterocycles. The van der Waals surface area contributed by atoms with Crippen LogP contribution in [0.25, 0.3) is 0 Å². The quantitative estimate of drug-likeness (QED) is 0.363. The monoisotopic (exact) mass is 490 g/mol. The molecular weight excluding hydrogens is 467 g/mol. The van der Waals surface area contributed by atoms with Crippen molar-refractivity contribution < 1.29 is 23.7 Å². The van der Waals surface area contributed by atoms with Crippen LogP contribution in [-0.4, -0.2) is 25.3 Å². The average Bonchev–Trinajstić information content (AvgIpc) is 2.83. The number of amides is 1. The van der Waals surface area contributed by atoms with Crippen LogP contribution >= 0.6 is 23.2 Å². The van der Waals surface area contributed by atoms with Crippen molar-refractivity contribution in [2.24, 2.45) is 0 Å². The SMILES string of the molecule is COC(=O)Nc1nc(OCc2ccccc2)c(Cl)c(Oc2ccc(OC)c(C(C)C)c2)c1Cl. The van der Waals surface area contributed by atoms with Crippen molar-refractivity contribution in [1.29, 1.82) is 0 Å². The van der Waals surface area contributed by atoms with Crippen LogP contribution in [0, 0.1) is 0 Å². The number of halogens is 2. The molecule has 0 saturated carbocycles. The van der Waals surface area contributed by atoms with Crippen LogP contribution in [0.2, 0.25) is 10.0 Å². The Labute approximate surface area is 202 Å². The minimum absolute atomic E-state index is 0.000578. The Kier molecular flexibility index (Phi) is 8.25. The van der Waals surface area contributed by atoms with E-state index in [2.05, 4.69) is 15.0 Å². The van der Waals surface area contributed by atoms with E-state index in [0.717, 1.165) is 16.9 Å². The van der Waals surface area contributed by atoms with Gasteiger partial charge in [0.2, 0.25) is 5.88 Å². The summed E-state index contributed by atoms with van der Waals surface area (Å²) in [6, 6.07) is 14.9. The zero-order valence-corrected chi connectivity index (χ0v) is 20.2. The van der Waals surface area contributed by atoms with E-state index >= 15 is 0 Å². The first-order chi connectivity index (χ1) is 15.8. The van der Waals surface area contributed by atoms with E-state index in [0.29, 0.717) is 5.75 Å². The number of methoxy groups -OCH3 is 2. The van der Waals surface area contributed by atoms with Crippen molar-refractivity contribution in [3.05, 3.63) is 69.7 Å². The summed E-state index contributed by atoms with van der Waals surface area (Å²) in [5.41, 5.74) is 1.86. The molecule has 33 heavy (non-hydrogen) atoms. The first-order valence-corrected chi connectivity index (χ1v) is 10.9. The largest absolute Gasteiger partial charge is 0.496 e. The highest BCUT2D eigenvalue weighted by molar-refractivity contribution is 6.39. The third-order valence-corrected chi connectivity index (χ3v) is 5.36. The van der Waals surface area contributed by atoms with Gasteiger partial charge >= 0.3 is 6.09 Å². The van der Waals surface area contributed by atoms with Gasteiger partial charge in [0.25, 0.3) is 0 Å². The average molecular weight is 491 g/mol. The number of ether oxygens (including phenoxy) is 4. The predicted octanol–water partition coefficient (Wildman–Crippen LogP) is 7.07. The molecule has 0 fully saturated rings. The fraction of sp³-hybridized carbons (Fsp3) is 0.250. The molecule has 0 aliphatic rings. The number of carbonyl (C=O) groups is 1. The number of nitrogens with one attached hydrogen (secondary N) is 1. The number of benzene rings is 2. The first-order valence-electron chi connectivity index (χ1n) is 10.1. The Balaban J connectivity index is 2.00. The fourth-order valence-electron chi connectivity index (χ4n) is 2.99. The molecule has 2 aromatic carbocycles. The standard InChI is InChI=1S/C24H24Cl2N2O5/c1-14(2)17-12-16(10-11-18(17)30-3)33-21-19(25)22(28-24(29)31-4)27-23(20(21)26)32-13-15-8-6-5-7-9-15/h5-12,14H,13H2,1-4H3,(H,27,28,29). The molecule has 0 unspecified atom stereocenters. The summed E-state index contributed by atoms with van der Waals surface area (Å²) in [6.07, 6.45) is -0.752. The molecule has 1 amide bonds. The number of nitrogens with zero attached hydrogens (tertiary/aromatic N) is 1. The van der Waals surface area contributed by atoms with Gasteiger partial charge in [-0.15, -0.1) is 0 Å². The molecule has 174 valence electrons. The minimum atomic E-state index is -0.752. The molecule has 0 radical (unpaired) electrons. The molecule has 0 spiro atoms. The maximum absolute atomic E-state index is 11.8. The van der Waals surface area contributed by atoms with Gasteiger partial charge in [-0.2, -0.15) is 4.98 Å². The molecule has 0 aliphatic carbocycles. The number of hydrogen-bond donors (Lipinski definition) is 1. The molecule has 3 rings (SSSR count). The van der Waals surface area contributed by atoms with E-state index in [4.69, 9.17) is 37.4 Å². The summed E-state index contributed by atoms with van der Waals surface area (Å²) >= 11 is 13.1. The minimum Gasteiger partial charge on any atom is -0.496 e. The number of aromatic nitrogens is 1. The second-order valence-corrected chi connectivity index (χ2v) is 8.03. The van der Waals surface area contributed by atoms with E-state index < -0.39 is 6.09 Å². The maximum Gasteiger partial charge on any atom is 0.412 e. The predicted molar refractivity (Wildman–Crippen MR) is 128 cm³/mol. The Hall–Kier alpha value is -3.16. The van der Waals surface area contributed by atoms with E-state index in [1.165, 1.54) is 7.11 Å². The lowest BCUT2D eigenvalue weighted by Crippen LogP contribution is -2.13. The molecule has 0 aliphatic heterocycles. The molecule has 7 nitrogen and oxygen atoms in total. The van der Waals surface area contributed by atoms with Crippen molar-refractivity contribution in [1.82, 2.24) is 4.98 Å². The van der Waals surface area contributed by atoms with E-state index in [-0.39, 0.29) is 40.0 Å². The Morgan fingerprint density at radius 2 is 1.79 bits per heavy atom. The number of rotatable bonds is 8. The molecule has 1 heterocycles. The molecule has 3 aromatic rings. The third-order valence-electron chi connectivity index (χ3n) is 4.68. The van der Waals surface area contributed by atoms with Crippen LogP contribution in [0.4, 0.5) is 10.6 Å². The van der Waals surface area contributed by atoms with Gasteiger partial charge in [0.05, 0.1) is 14.2 Å². The Morgan fingerprint density at radius 3 is 2.42 bits per heavy atom. The summed E-state index contributed by atoms with van der Waals surface area (Å²) < 4.78 is 21.9. The van der Waals surface area contributed by atoms with Crippen molar-refractivity contribution in [2.45, 2.75) is 26.4 Å². The Bertz CT molecular complexity index is 1120. The van der Waals surface area contributed by atoms with Crippen LogP contribution < -0.4 is 19.5 Å². The van der Waals surface area contributed by atoms with Crippen LogP contribution in [0.5, 0.6) is 23.1 Å². The summed E-state index contributed by atoms with van der Waals surface area (Å²) in [5, 5.41) is 2.52. The number of carbonyl (C=O) groups excluding carboxylic acids is 1. The van der Waals surface area contributed by atoms with Gasteiger partial charge < -0.3 is 18.9 Å². The van der Waals surface area contributed by atoms with Gasteiger partial charge in [-0.05, 0) is 29.7 Å². The lowest BCUT2D eigenvalue weighted by Gasteiger charge is -2.18. The van der Waals surface area contributed by atoms with E-state index in [9.17, 15) is 4.79 Å². The lowest BCUT2D eigenvalue weighted by atomic mass is 10.0. The van der Waals surface area contributed by atoms with Gasteiger partial charge in [0, 0.05) is 5.56 Å². The second-order valence-electron chi connectivity index (χ2n) is 7.27. The third kappa shape index (κ3) is 6.00. The summed E-state index contributed by atoms with van der Waals surface area (Å²) in [5.74, 6) is 1.53. The highest BCUT2D eigenvalue weighted by atomic mass is 35.5. The molecule has 9 heteroatoms. The number of pyridine rings is 1. The molecule has 1 N–H and O–H groups in total. The molecule has 0 bridgehead atoms. The zero-order chi connectivity index (χ0) is 24.0. The van der Waals surface area contributed by atoms with Crippen molar-refractivity contribution in [2.75, 3.05) is 19.5 Å². The topological polar surface area (TPSA) is 78.9 Å². The molecular formula is C24H24Cl2N2O5. The van der Waals surface area contributed by atoms with Crippen molar-refractivity contribution >= 4 is 35.1 Å². The van der Waals surface area contributed by atoms with Gasteiger partial charge in [-0.1, -0.05) is 67.4 Å². The van der Waals surface area contributed by atoms with Gasteiger partial charge in [-0.3, -0.25) is 5.32 Å². The molecule has 0 saturated heterocycles. The zero-order valence-electron chi connectivity index (χ0n) is 18.6. The number of hydrogen-bond acceptors (Lipinski definition) is 6. The van der Waals surface area contributed by atoms with Gasteiger partial charge in [0.15, 0.2) is 11.6 Å². The highest BCUT2D eigenvalue weighted by Crippen LogP contribution is 2.45. The van der Waals surface area contributed by atoms with Crippen LogP contribution in [0.1, 0.15) is 30.9 Å². The van der Waals surface area contributed by atoms with Crippen LogP contribution in [-0.2, 0) is 11.3 Å². The van der Waals surface area contributed by atoms with Crippen LogP contribution in [0.3, 0.4) is 0 Å². The first kappa shape index (κ1) is 24.5. The summed E-state index contributed by atoms with van der Waals surface area (Å²) in [6.45, 7) is 4.29. The summed E-state index contributed by atoms with van der Waals surface area (Å²) in [7, 11) is 2.84. The van der Waals surface area contributed by atoms with E-state index in [1.54, 1.807) is 19.2 Å². The summed E-state index contributed by atoms with van der Waals surface area (Å²) in [4.78, 5) is 16.1. The second kappa shape index (κ2) is 11.1. The maximum atomic E-state index is 11.8. The molecule has 0 atom stereocenters. The smallest absolute Gasteiger partial charge is 0.412 e. The number of anilines is 1. The van der Waals surface area contributed by atoms with Crippen molar-refractivity contribution in [3.8, 4) is 23.1 Å². The Morgan fingerprint density at radius 1 is 1.06 bits per heavy atom. The van der Waals surface area contributed by atoms with Crippen LogP contribution in [0.15, 0.2) is 48.5 Å². The lowest BCUT2D eigenvalue weighted by molar-refractivity contribution is 0.186. The normalized spacial score (nSPS) is 10.6. The van der Waals surface area contributed by atoms with Gasteiger partial charge in [0.1, 0.15) is 28.2 Å². The van der Waals surface area contributed by atoms with Gasteiger partial charge in [-0.25, -0.2) is 4.79 Å². The highest BCUT2D eigenvalue weighted by Gasteiger charge is 2.23. The fourth-order valence-corrected chi connectivity index (χ4v) is 3.49. The van der Waals surface area contributed by atoms with Crippen molar-refractivity contribution in [3.63, 3.8) is 0 Å².